The number of esters is 1. The van der Waals surface area contributed by atoms with E-state index < -0.39 is 28.9 Å². The van der Waals surface area contributed by atoms with E-state index in [2.05, 4.69) is 0 Å². The lowest BCUT2D eigenvalue weighted by Crippen LogP contribution is -2.36. The number of ether oxygens (including phenoxy) is 1. The van der Waals surface area contributed by atoms with Crippen LogP contribution in [0.3, 0.4) is 0 Å². The van der Waals surface area contributed by atoms with E-state index in [1.54, 1.807) is 12.1 Å². The molecule has 0 bridgehead atoms. The van der Waals surface area contributed by atoms with Crippen molar-refractivity contribution in [1.29, 1.82) is 0 Å². The fourth-order valence-electron chi connectivity index (χ4n) is 2.61. The third kappa shape index (κ3) is 2.85. The fraction of sp³-hybridized carbons (Fsp3) is 0.118. The molecule has 0 spiro atoms. The number of imide groups is 1. The highest BCUT2D eigenvalue weighted by Gasteiger charge is 2.42. The number of hydrogen-bond acceptors (Lipinski definition) is 6. The summed E-state index contributed by atoms with van der Waals surface area (Å²) in [6.45, 7) is 1.15. The third-order valence-electron chi connectivity index (χ3n) is 3.73. The van der Waals surface area contributed by atoms with E-state index in [4.69, 9.17) is 4.74 Å². The first kappa shape index (κ1) is 16.3. The summed E-state index contributed by atoms with van der Waals surface area (Å²) in [5.74, 6) is -1.88. The predicted molar refractivity (Wildman–Crippen MR) is 84.5 cm³/mol. The van der Waals surface area contributed by atoms with Crippen molar-refractivity contribution in [3.8, 4) is 0 Å². The van der Waals surface area contributed by atoms with E-state index >= 15 is 0 Å². The van der Waals surface area contributed by atoms with Gasteiger partial charge in [0.05, 0.1) is 16.1 Å². The van der Waals surface area contributed by atoms with Crippen molar-refractivity contribution in [3.05, 3.63) is 75.3 Å². The van der Waals surface area contributed by atoms with Gasteiger partial charge in [0, 0.05) is 24.6 Å². The summed E-state index contributed by atoms with van der Waals surface area (Å²) in [5, 5.41) is 10.8. The second kappa shape index (κ2) is 6.16. The summed E-state index contributed by atoms with van der Waals surface area (Å²) >= 11 is 0. The summed E-state index contributed by atoms with van der Waals surface area (Å²) in [5.41, 5.74) is 0.543. The van der Waals surface area contributed by atoms with Gasteiger partial charge in [0.2, 0.25) is 6.23 Å². The fourth-order valence-corrected chi connectivity index (χ4v) is 2.61. The van der Waals surface area contributed by atoms with Crippen LogP contribution in [0.5, 0.6) is 0 Å². The van der Waals surface area contributed by atoms with Gasteiger partial charge < -0.3 is 4.74 Å². The van der Waals surface area contributed by atoms with Crippen LogP contribution in [-0.4, -0.2) is 27.6 Å². The standard InChI is InChI=1S/C17H12N2O6/c1-10(20)25-17(11-6-8-12(9-7-11)19(23)24)18-15(21)13-4-2-3-5-14(13)16(18)22/h2-9,17H,1H3. The zero-order chi connectivity index (χ0) is 18.1. The van der Waals surface area contributed by atoms with E-state index in [0.29, 0.717) is 0 Å². The number of carbonyl (C=O) groups excluding carboxylic acids is 3. The largest absolute Gasteiger partial charge is 0.437 e. The number of rotatable bonds is 4. The van der Waals surface area contributed by atoms with Crippen LogP contribution >= 0.6 is 0 Å². The van der Waals surface area contributed by atoms with E-state index in [0.717, 1.165) is 11.8 Å². The van der Waals surface area contributed by atoms with Gasteiger partial charge in [-0.15, -0.1) is 0 Å². The van der Waals surface area contributed by atoms with Crippen LogP contribution in [-0.2, 0) is 9.53 Å². The van der Waals surface area contributed by atoms with E-state index in [1.165, 1.54) is 36.4 Å². The highest BCUT2D eigenvalue weighted by molar-refractivity contribution is 6.21. The SMILES string of the molecule is CC(=O)OC(c1ccc([N+](=O)[O-])cc1)N1C(=O)c2ccccc2C1=O. The van der Waals surface area contributed by atoms with Crippen LogP contribution in [0.1, 0.15) is 39.4 Å². The van der Waals surface area contributed by atoms with Crippen molar-refractivity contribution in [2.45, 2.75) is 13.2 Å². The lowest BCUT2D eigenvalue weighted by atomic mass is 10.1. The molecule has 1 aliphatic rings. The third-order valence-corrected chi connectivity index (χ3v) is 3.73. The highest BCUT2D eigenvalue weighted by atomic mass is 16.6. The van der Waals surface area contributed by atoms with Crippen LogP contribution in [0.4, 0.5) is 5.69 Å². The topological polar surface area (TPSA) is 107 Å². The zero-order valence-electron chi connectivity index (χ0n) is 13.0. The van der Waals surface area contributed by atoms with Gasteiger partial charge in [0.15, 0.2) is 0 Å². The molecule has 2 aromatic carbocycles. The molecule has 0 N–H and O–H groups in total. The molecule has 0 fully saturated rings. The Morgan fingerprint density at radius 2 is 1.56 bits per heavy atom. The molecule has 1 atom stereocenters. The Hall–Kier alpha value is -3.55. The second-order valence-corrected chi connectivity index (χ2v) is 5.34. The molecule has 1 aliphatic heterocycles. The molecule has 0 aliphatic carbocycles. The summed E-state index contributed by atoms with van der Waals surface area (Å²) < 4.78 is 5.17. The normalized spacial score (nSPS) is 14.2. The number of fused-ring (bicyclic) bond motifs is 1. The Kier molecular flexibility index (Phi) is 4.02. The van der Waals surface area contributed by atoms with E-state index in [9.17, 15) is 24.5 Å². The van der Waals surface area contributed by atoms with Crippen molar-refractivity contribution in [1.82, 2.24) is 4.90 Å². The maximum absolute atomic E-state index is 12.6. The lowest BCUT2D eigenvalue weighted by molar-refractivity contribution is -0.384. The lowest BCUT2D eigenvalue weighted by Gasteiger charge is -2.25. The maximum atomic E-state index is 12.6. The summed E-state index contributed by atoms with van der Waals surface area (Å²) in [6, 6.07) is 11.4. The molecule has 3 rings (SSSR count). The van der Waals surface area contributed by atoms with Gasteiger partial charge >= 0.3 is 5.97 Å². The van der Waals surface area contributed by atoms with E-state index in [1.807, 2.05) is 0 Å². The van der Waals surface area contributed by atoms with Gasteiger partial charge in [-0.2, -0.15) is 0 Å². The predicted octanol–water partition coefficient (Wildman–Crippen LogP) is 2.45. The van der Waals surface area contributed by atoms with Crippen LogP contribution in [0.2, 0.25) is 0 Å². The van der Waals surface area contributed by atoms with Crippen molar-refractivity contribution >= 4 is 23.5 Å². The Morgan fingerprint density at radius 3 is 2.00 bits per heavy atom. The van der Waals surface area contributed by atoms with Crippen molar-refractivity contribution < 1.29 is 24.0 Å². The molecule has 8 heteroatoms. The molecule has 2 amide bonds. The quantitative estimate of drug-likeness (QED) is 0.366. The molecule has 1 unspecified atom stereocenters. The molecule has 8 nitrogen and oxygen atoms in total. The molecule has 1 heterocycles. The minimum atomic E-state index is -1.30. The smallest absolute Gasteiger partial charge is 0.304 e. The molecule has 25 heavy (non-hydrogen) atoms. The molecule has 0 saturated heterocycles. The molecular formula is C17H12N2O6. The minimum absolute atomic E-state index is 0.160. The average Bonchev–Trinajstić information content (AvgIpc) is 2.84. The van der Waals surface area contributed by atoms with Crippen LogP contribution in [0.15, 0.2) is 48.5 Å². The zero-order valence-corrected chi connectivity index (χ0v) is 13.0. The first-order valence-corrected chi connectivity index (χ1v) is 7.28. The molecular weight excluding hydrogens is 328 g/mol. The van der Waals surface area contributed by atoms with Crippen molar-refractivity contribution in [2.24, 2.45) is 0 Å². The average molecular weight is 340 g/mol. The van der Waals surface area contributed by atoms with Gasteiger partial charge in [0.25, 0.3) is 17.5 Å². The number of non-ortho nitro benzene ring substituents is 1. The van der Waals surface area contributed by atoms with Crippen LogP contribution in [0, 0.1) is 10.1 Å². The van der Waals surface area contributed by atoms with Gasteiger partial charge in [-0.3, -0.25) is 24.5 Å². The number of carbonyl (C=O) groups is 3. The summed E-state index contributed by atoms with van der Waals surface area (Å²) in [6.07, 6.45) is -1.30. The Balaban J connectivity index is 2.02. The number of nitro groups is 1. The van der Waals surface area contributed by atoms with Crippen LogP contribution < -0.4 is 0 Å². The van der Waals surface area contributed by atoms with Crippen molar-refractivity contribution in [3.63, 3.8) is 0 Å². The molecule has 126 valence electrons. The Morgan fingerprint density at radius 1 is 1.04 bits per heavy atom. The van der Waals surface area contributed by atoms with Gasteiger partial charge in [-0.05, 0) is 24.3 Å². The van der Waals surface area contributed by atoms with E-state index in [-0.39, 0.29) is 22.4 Å². The molecule has 2 aromatic rings. The number of amides is 2. The minimum Gasteiger partial charge on any atom is -0.437 e. The van der Waals surface area contributed by atoms with Gasteiger partial charge in [-0.25, -0.2) is 4.90 Å². The Bertz CT molecular complexity index is 855. The van der Waals surface area contributed by atoms with Crippen LogP contribution in [0.25, 0.3) is 0 Å². The number of hydrogen-bond donors (Lipinski definition) is 0. The summed E-state index contributed by atoms with van der Waals surface area (Å²) in [7, 11) is 0. The number of benzene rings is 2. The molecule has 0 radical (unpaired) electrons. The van der Waals surface area contributed by atoms with Gasteiger partial charge in [-0.1, -0.05) is 12.1 Å². The first-order chi connectivity index (χ1) is 11.9. The number of nitro benzene ring substituents is 1. The van der Waals surface area contributed by atoms with Crippen molar-refractivity contribution in [2.75, 3.05) is 0 Å². The monoisotopic (exact) mass is 340 g/mol. The maximum Gasteiger partial charge on any atom is 0.304 e. The molecule has 0 saturated carbocycles. The first-order valence-electron chi connectivity index (χ1n) is 7.28. The van der Waals surface area contributed by atoms with Gasteiger partial charge in [0.1, 0.15) is 0 Å². The number of nitrogens with zero attached hydrogens (tertiary/aromatic N) is 2. The summed E-state index contributed by atoms with van der Waals surface area (Å²) in [4.78, 5) is 47.7. The molecule has 0 aromatic heterocycles. The Labute approximate surface area is 141 Å². The second-order valence-electron chi connectivity index (χ2n) is 5.34. The highest BCUT2D eigenvalue weighted by Crippen LogP contribution is 2.32.